The van der Waals surface area contributed by atoms with E-state index >= 15 is 0 Å². The number of anilines is 1. The largest absolute Gasteiger partial charge is 0.485 e. The van der Waals surface area contributed by atoms with Gasteiger partial charge in [0.15, 0.2) is 9.35 Å². The molecule has 0 unspecified atom stereocenters. The smallest absolute Gasteiger partial charge is 0.234 e. The number of nitrogens with zero attached hydrogens (tertiary/aromatic N) is 2. The molecule has 0 aliphatic heterocycles. The van der Waals surface area contributed by atoms with Crippen LogP contribution in [-0.2, 0) is 11.4 Å². The summed E-state index contributed by atoms with van der Waals surface area (Å²) in [4.78, 5) is 12.0. The normalized spacial score (nSPS) is 10.6. The van der Waals surface area contributed by atoms with E-state index in [1.54, 1.807) is 18.2 Å². The van der Waals surface area contributed by atoms with Crippen LogP contribution in [0.5, 0.6) is 5.75 Å². The quantitative estimate of drug-likeness (QED) is 0.494. The Kier molecular flexibility index (Phi) is 6.95. The molecule has 0 atom stereocenters. The van der Waals surface area contributed by atoms with Crippen LogP contribution in [0.2, 0.25) is 10.0 Å². The zero-order chi connectivity index (χ0) is 19.2. The van der Waals surface area contributed by atoms with Crippen LogP contribution < -0.4 is 10.1 Å². The Labute approximate surface area is 175 Å². The van der Waals surface area contributed by atoms with Crippen LogP contribution in [0, 0.1) is 6.92 Å². The Morgan fingerprint density at radius 3 is 2.70 bits per heavy atom. The number of amides is 1. The summed E-state index contributed by atoms with van der Waals surface area (Å²) in [5, 5.41) is 12.7. The molecule has 3 rings (SSSR count). The van der Waals surface area contributed by atoms with Gasteiger partial charge in [-0.1, -0.05) is 64.0 Å². The van der Waals surface area contributed by atoms with Gasteiger partial charge in [-0.3, -0.25) is 4.79 Å². The highest BCUT2D eigenvalue weighted by molar-refractivity contribution is 8.01. The minimum atomic E-state index is -0.0928. The molecule has 0 aliphatic carbocycles. The fourth-order valence-corrected chi connectivity index (χ4v) is 4.12. The van der Waals surface area contributed by atoms with E-state index in [1.165, 1.54) is 23.1 Å². The zero-order valence-corrected chi connectivity index (χ0v) is 17.4. The van der Waals surface area contributed by atoms with Crippen LogP contribution in [0.3, 0.4) is 0 Å². The second-order valence-electron chi connectivity index (χ2n) is 5.53. The molecular formula is C18H15Cl2N3O2S2. The SMILES string of the molecule is Cc1ccc(NC(=O)CSc2nnc(COc3ccc(Cl)cc3Cl)s2)cc1. The number of aryl methyl sites for hydroxylation is 1. The van der Waals surface area contributed by atoms with Gasteiger partial charge in [0.25, 0.3) is 0 Å². The molecule has 0 saturated heterocycles. The van der Waals surface area contributed by atoms with E-state index in [1.807, 2.05) is 31.2 Å². The summed E-state index contributed by atoms with van der Waals surface area (Å²) in [6.45, 7) is 2.24. The van der Waals surface area contributed by atoms with Gasteiger partial charge in [-0.15, -0.1) is 10.2 Å². The molecule has 9 heteroatoms. The lowest BCUT2D eigenvalue weighted by molar-refractivity contribution is -0.113. The average Bonchev–Trinajstić information content (AvgIpc) is 3.09. The number of benzene rings is 2. The minimum Gasteiger partial charge on any atom is -0.485 e. The van der Waals surface area contributed by atoms with Crippen molar-refractivity contribution in [3.63, 3.8) is 0 Å². The van der Waals surface area contributed by atoms with Crippen LogP contribution in [0.1, 0.15) is 10.6 Å². The minimum absolute atomic E-state index is 0.0928. The van der Waals surface area contributed by atoms with E-state index in [4.69, 9.17) is 27.9 Å². The lowest BCUT2D eigenvalue weighted by atomic mass is 10.2. The van der Waals surface area contributed by atoms with E-state index in [0.29, 0.717) is 25.1 Å². The molecule has 1 aromatic heterocycles. The third-order valence-electron chi connectivity index (χ3n) is 3.36. The monoisotopic (exact) mass is 439 g/mol. The van der Waals surface area contributed by atoms with Crippen LogP contribution in [-0.4, -0.2) is 21.9 Å². The highest BCUT2D eigenvalue weighted by atomic mass is 35.5. The Hall–Kier alpha value is -1.80. The third kappa shape index (κ3) is 6.10. The maximum Gasteiger partial charge on any atom is 0.234 e. The summed E-state index contributed by atoms with van der Waals surface area (Å²) in [6.07, 6.45) is 0. The molecule has 0 saturated carbocycles. The topological polar surface area (TPSA) is 64.1 Å². The lowest BCUT2D eigenvalue weighted by Gasteiger charge is -2.05. The zero-order valence-electron chi connectivity index (χ0n) is 14.2. The molecule has 3 aromatic rings. The van der Waals surface area contributed by atoms with Gasteiger partial charge < -0.3 is 10.1 Å². The fraction of sp³-hybridized carbons (Fsp3) is 0.167. The van der Waals surface area contributed by atoms with Gasteiger partial charge in [0, 0.05) is 10.7 Å². The summed E-state index contributed by atoms with van der Waals surface area (Å²) < 4.78 is 6.34. The molecule has 0 radical (unpaired) electrons. The Morgan fingerprint density at radius 1 is 1.19 bits per heavy atom. The van der Waals surface area contributed by atoms with Crippen LogP contribution in [0.25, 0.3) is 0 Å². The molecule has 2 aromatic carbocycles. The number of hydrogen-bond acceptors (Lipinski definition) is 6. The predicted octanol–water partition coefficient (Wildman–Crippen LogP) is 5.46. The first-order chi connectivity index (χ1) is 13.0. The second kappa shape index (κ2) is 9.41. The van der Waals surface area contributed by atoms with Crippen molar-refractivity contribution < 1.29 is 9.53 Å². The molecule has 27 heavy (non-hydrogen) atoms. The van der Waals surface area contributed by atoms with E-state index in [-0.39, 0.29) is 18.3 Å². The van der Waals surface area contributed by atoms with Crippen molar-refractivity contribution in [1.29, 1.82) is 0 Å². The van der Waals surface area contributed by atoms with Gasteiger partial charge in [-0.2, -0.15) is 0 Å². The molecule has 0 bridgehead atoms. The lowest BCUT2D eigenvalue weighted by Crippen LogP contribution is -2.13. The van der Waals surface area contributed by atoms with E-state index in [0.717, 1.165) is 11.3 Å². The van der Waals surface area contributed by atoms with Crippen LogP contribution >= 0.6 is 46.3 Å². The number of ether oxygens (including phenoxy) is 1. The molecule has 1 N–H and O–H groups in total. The summed E-state index contributed by atoms with van der Waals surface area (Å²) in [7, 11) is 0. The molecule has 1 amide bonds. The average molecular weight is 440 g/mol. The highest BCUT2D eigenvalue weighted by Crippen LogP contribution is 2.29. The standard InChI is InChI=1S/C18H15Cl2N3O2S2/c1-11-2-5-13(6-3-11)21-16(24)10-26-18-23-22-17(27-18)9-25-15-7-4-12(19)8-14(15)20/h2-8H,9-10H2,1H3,(H,21,24). The van der Waals surface area contributed by atoms with E-state index < -0.39 is 0 Å². The van der Waals surface area contributed by atoms with Gasteiger partial charge in [0.05, 0.1) is 10.8 Å². The van der Waals surface area contributed by atoms with Gasteiger partial charge in [-0.05, 0) is 37.3 Å². The molecule has 140 valence electrons. The highest BCUT2D eigenvalue weighted by Gasteiger charge is 2.10. The first-order valence-corrected chi connectivity index (χ1v) is 10.4. The summed E-state index contributed by atoms with van der Waals surface area (Å²) >= 11 is 14.6. The number of hydrogen-bond donors (Lipinski definition) is 1. The van der Waals surface area contributed by atoms with Crippen molar-refractivity contribution in [2.45, 2.75) is 17.9 Å². The van der Waals surface area contributed by atoms with Crippen molar-refractivity contribution in [3.8, 4) is 5.75 Å². The summed E-state index contributed by atoms with van der Waals surface area (Å²) in [5.41, 5.74) is 1.92. The number of aromatic nitrogens is 2. The van der Waals surface area contributed by atoms with Crippen LogP contribution in [0.4, 0.5) is 5.69 Å². The van der Waals surface area contributed by atoms with Crippen molar-refractivity contribution in [3.05, 3.63) is 63.1 Å². The number of carbonyl (C=O) groups excluding carboxylic acids is 1. The first-order valence-electron chi connectivity index (χ1n) is 7.89. The number of nitrogens with one attached hydrogen (secondary N) is 1. The molecule has 5 nitrogen and oxygen atoms in total. The number of rotatable bonds is 7. The molecular weight excluding hydrogens is 425 g/mol. The number of carbonyl (C=O) groups is 1. The summed E-state index contributed by atoms with van der Waals surface area (Å²) in [6, 6.07) is 12.7. The predicted molar refractivity (Wildman–Crippen MR) is 111 cm³/mol. The van der Waals surface area contributed by atoms with Crippen molar-refractivity contribution >= 4 is 57.9 Å². The number of halogens is 2. The van der Waals surface area contributed by atoms with Gasteiger partial charge in [0.2, 0.25) is 5.91 Å². The molecule has 0 aliphatic rings. The first kappa shape index (κ1) is 19.9. The van der Waals surface area contributed by atoms with Crippen molar-refractivity contribution in [2.24, 2.45) is 0 Å². The molecule has 1 heterocycles. The second-order valence-corrected chi connectivity index (χ2v) is 8.66. The molecule has 0 fully saturated rings. The number of thioether (sulfide) groups is 1. The van der Waals surface area contributed by atoms with Crippen LogP contribution in [0.15, 0.2) is 46.8 Å². The van der Waals surface area contributed by atoms with Gasteiger partial charge >= 0.3 is 0 Å². The Bertz CT molecular complexity index is 933. The fourth-order valence-electron chi connectivity index (χ4n) is 2.05. The molecule has 0 spiro atoms. The van der Waals surface area contributed by atoms with Crippen molar-refractivity contribution in [1.82, 2.24) is 10.2 Å². The third-order valence-corrected chi connectivity index (χ3v) is 5.92. The van der Waals surface area contributed by atoms with Gasteiger partial charge in [0.1, 0.15) is 12.4 Å². The van der Waals surface area contributed by atoms with Gasteiger partial charge in [-0.25, -0.2) is 0 Å². The maximum absolute atomic E-state index is 12.0. The van der Waals surface area contributed by atoms with E-state index in [2.05, 4.69) is 15.5 Å². The Balaban J connectivity index is 1.47. The van der Waals surface area contributed by atoms with Crippen molar-refractivity contribution in [2.75, 3.05) is 11.1 Å². The maximum atomic E-state index is 12.0. The summed E-state index contributed by atoms with van der Waals surface area (Å²) in [5.74, 6) is 0.694. The Morgan fingerprint density at radius 2 is 1.96 bits per heavy atom. The van der Waals surface area contributed by atoms with E-state index in [9.17, 15) is 4.79 Å².